The molecule has 160 valence electrons. The minimum atomic E-state index is 0.0590. The molecule has 6 aromatic heterocycles. The molecule has 6 heterocycles. The highest BCUT2D eigenvalue weighted by Crippen LogP contribution is 2.36. The van der Waals surface area contributed by atoms with Crippen LogP contribution in [0.25, 0.3) is 54.9 Å². The van der Waals surface area contributed by atoms with Crippen molar-refractivity contribution < 1.29 is 4.79 Å². The Hall–Kier alpha value is -4.37. The third-order valence-electron chi connectivity index (χ3n) is 5.54. The lowest BCUT2D eigenvalue weighted by molar-refractivity contribution is 0.102. The zero-order valence-corrected chi connectivity index (χ0v) is 18.3. The Morgan fingerprint density at radius 1 is 0.970 bits per heavy atom. The van der Waals surface area contributed by atoms with Crippen molar-refractivity contribution in [2.75, 3.05) is 5.73 Å². The molecule has 6 aromatic rings. The molecule has 0 aliphatic rings. The molecule has 0 fully saturated rings. The number of nitrogens with one attached hydrogen (secondary N) is 2. The van der Waals surface area contributed by atoms with Gasteiger partial charge in [0, 0.05) is 57.1 Å². The van der Waals surface area contributed by atoms with E-state index in [4.69, 9.17) is 5.73 Å². The molecule has 0 amide bonds. The maximum Gasteiger partial charge on any atom is 0.181 e. The Morgan fingerprint density at radius 3 is 2.64 bits per heavy atom. The Balaban J connectivity index is 1.48. The Morgan fingerprint density at radius 2 is 1.82 bits per heavy atom. The van der Waals surface area contributed by atoms with Crippen LogP contribution in [0.3, 0.4) is 0 Å². The molecule has 4 N–H and O–H groups in total. The lowest BCUT2D eigenvalue weighted by Gasteiger charge is -2.02. The van der Waals surface area contributed by atoms with Gasteiger partial charge in [-0.15, -0.1) is 11.3 Å². The van der Waals surface area contributed by atoms with Gasteiger partial charge in [0.2, 0.25) is 0 Å². The lowest BCUT2D eigenvalue weighted by Crippen LogP contribution is -1.88. The van der Waals surface area contributed by atoms with Gasteiger partial charge in [-0.3, -0.25) is 19.9 Å². The van der Waals surface area contributed by atoms with E-state index in [2.05, 4.69) is 36.2 Å². The molecule has 9 heteroatoms. The van der Waals surface area contributed by atoms with Crippen LogP contribution < -0.4 is 5.73 Å². The molecule has 8 nitrogen and oxygen atoms in total. The maximum atomic E-state index is 11.7. The van der Waals surface area contributed by atoms with Gasteiger partial charge in [0.1, 0.15) is 0 Å². The van der Waals surface area contributed by atoms with Crippen LogP contribution in [0.2, 0.25) is 0 Å². The normalized spacial score (nSPS) is 11.4. The summed E-state index contributed by atoms with van der Waals surface area (Å²) in [5.41, 5.74) is 12.5. The van der Waals surface area contributed by atoms with Gasteiger partial charge in [0.05, 0.1) is 33.7 Å². The number of hydrogen-bond acceptors (Lipinski definition) is 7. The van der Waals surface area contributed by atoms with Crippen molar-refractivity contribution in [3.8, 4) is 33.0 Å². The molecule has 6 rings (SSSR count). The molecule has 0 spiro atoms. The molecule has 0 aromatic carbocycles. The topological polar surface area (TPSA) is 126 Å². The standard InChI is InChI=1S/C24H17N7OS/c1-12(32)21-2-3-22(33-21)18-10-27-11-20-16(18)6-19(29-20)23-17-5-14(8-28-24(17)31-30-23)13-4-15(25)9-26-7-13/h2-11,29H,25H2,1H3,(H,28,30,31). The number of nitrogens with two attached hydrogens (primary N) is 1. The number of carbonyl (C=O) groups excluding carboxylic acids is 1. The summed E-state index contributed by atoms with van der Waals surface area (Å²) in [5, 5.41) is 9.38. The van der Waals surface area contributed by atoms with E-state index in [1.807, 2.05) is 30.5 Å². The van der Waals surface area contributed by atoms with E-state index >= 15 is 0 Å². The van der Waals surface area contributed by atoms with Gasteiger partial charge in [0.15, 0.2) is 11.4 Å². The second kappa shape index (κ2) is 7.35. The molecule has 33 heavy (non-hydrogen) atoms. The molecule has 0 aliphatic carbocycles. The monoisotopic (exact) mass is 451 g/mol. The molecule has 0 radical (unpaired) electrons. The van der Waals surface area contributed by atoms with Crippen LogP contribution in [0.15, 0.2) is 61.3 Å². The first-order valence-electron chi connectivity index (χ1n) is 10.2. The third-order valence-corrected chi connectivity index (χ3v) is 6.76. The van der Waals surface area contributed by atoms with Gasteiger partial charge in [-0.25, -0.2) is 4.98 Å². The third kappa shape index (κ3) is 3.26. The summed E-state index contributed by atoms with van der Waals surface area (Å²) in [6, 6.07) is 9.79. The zero-order chi connectivity index (χ0) is 22.5. The molecular weight excluding hydrogens is 434 g/mol. The second-order valence-corrected chi connectivity index (χ2v) is 8.84. The van der Waals surface area contributed by atoms with Gasteiger partial charge in [0.25, 0.3) is 0 Å². The van der Waals surface area contributed by atoms with Crippen molar-refractivity contribution in [2.45, 2.75) is 6.92 Å². The van der Waals surface area contributed by atoms with E-state index in [1.165, 1.54) is 11.3 Å². The van der Waals surface area contributed by atoms with Gasteiger partial charge < -0.3 is 10.7 Å². The zero-order valence-electron chi connectivity index (χ0n) is 17.5. The highest BCUT2D eigenvalue weighted by molar-refractivity contribution is 7.17. The van der Waals surface area contributed by atoms with E-state index in [0.717, 1.165) is 54.1 Å². The number of hydrogen-bond donors (Lipinski definition) is 3. The highest BCUT2D eigenvalue weighted by atomic mass is 32.1. The number of aromatic nitrogens is 6. The second-order valence-electron chi connectivity index (χ2n) is 7.75. The number of Topliss-reactive ketones (excluding diaryl/α,β-unsaturated/α-hetero) is 1. The number of aromatic amines is 2. The van der Waals surface area contributed by atoms with Crippen molar-refractivity contribution in [3.05, 3.63) is 66.2 Å². The summed E-state index contributed by atoms with van der Waals surface area (Å²) in [6.07, 6.45) is 8.76. The number of nitrogen functional groups attached to an aromatic ring is 1. The number of thiophene rings is 1. The lowest BCUT2D eigenvalue weighted by atomic mass is 10.1. The summed E-state index contributed by atoms with van der Waals surface area (Å²) in [7, 11) is 0. The van der Waals surface area contributed by atoms with Crippen molar-refractivity contribution in [2.24, 2.45) is 0 Å². The molecule has 0 saturated carbocycles. The largest absolute Gasteiger partial charge is 0.397 e. The first kappa shape index (κ1) is 19.3. The summed E-state index contributed by atoms with van der Waals surface area (Å²) in [6.45, 7) is 1.58. The van der Waals surface area contributed by atoms with Gasteiger partial charge in [-0.1, -0.05) is 0 Å². The molecule has 0 unspecified atom stereocenters. The number of rotatable bonds is 4. The maximum absolute atomic E-state index is 11.7. The predicted octanol–water partition coefficient (Wildman–Crippen LogP) is 5.08. The van der Waals surface area contributed by atoms with E-state index in [1.54, 1.807) is 31.7 Å². The van der Waals surface area contributed by atoms with Crippen molar-refractivity contribution in [1.82, 2.24) is 30.1 Å². The van der Waals surface area contributed by atoms with Crippen molar-refractivity contribution in [1.29, 1.82) is 0 Å². The fourth-order valence-corrected chi connectivity index (χ4v) is 4.86. The van der Waals surface area contributed by atoms with Crippen molar-refractivity contribution in [3.63, 3.8) is 0 Å². The molecule has 0 bridgehead atoms. The SMILES string of the molecule is CC(=O)c1ccc(-c2cncc3[nH]c(-c4[nH]nc5ncc(-c6cncc(N)c6)cc45)cc23)s1. The Labute approximate surface area is 191 Å². The van der Waals surface area contributed by atoms with Crippen LogP contribution >= 0.6 is 11.3 Å². The number of ketones is 1. The summed E-state index contributed by atoms with van der Waals surface area (Å²) < 4.78 is 0. The van der Waals surface area contributed by atoms with E-state index in [-0.39, 0.29) is 5.78 Å². The average molecular weight is 452 g/mol. The summed E-state index contributed by atoms with van der Waals surface area (Å²) in [4.78, 5) is 30.0. The fraction of sp³-hybridized carbons (Fsp3) is 0.0417. The Kier molecular flexibility index (Phi) is 4.30. The average Bonchev–Trinajstić information content (AvgIpc) is 3.55. The van der Waals surface area contributed by atoms with E-state index < -0.39 is 0 Å². The van der Waals surface area contributed by atoms with Gasteiger partial charge in [-0.2, -0.15) is 5.10 Å². The van der Waals surface area contributed by atoms with Crippen LogP contribution in [0.4, 0.5) is 5.69 Å². The minimum absolute atomic E-state index is 0.0590. The van der Waals surface area contributed by atoms with Gasteiger partial charge >= 0.3 is 0 Å². The number of fused-ring (bicyclic) bond motifs is 2. The minimum Gasteiger partial charge on any atom is -0.397 e. The molecule has 0 saturated heterocycles. The van der Waals surface area contributed by atoms with Crippen LogP contribution in [0.1, 0.15) is 16.6 Å². The smallest absolute Gasteiger partial charge is 0.181 e. The Bertz CT molecular complexity index is 1680. The van der Waals surface area contributed by atoms with Crippen LogP contribution in [-0.2, 0) is 0 Å². The highest BCUT2D eigenvalue weighted by Gasteiger charge is 2.16. The number of carbonyl (C=O) groups is 1. The van der Waals surface area contributed by atoms with E-state index in [9.17, 15) is 4.79 Å². The van der Waals surface area contributed by atoms with Crippen LogP contribution in [0.5, 0.6) is 0 Å². The quantitative estimate of drug-likeness (QED) is 0.321. The number of anilines is 1. The van der Waals surface area contributed by atoms with Gasteiger partial charge in [-0.05, 0) is 37.3 Å². The van der Waals surface area contributed by atoms with Crippen LogP contribution in [0, 0.1) is 0 Å². The first-order chi connectivity index (χ1) is 16.1. The van der Waals surface area contributed by atoms with E-state index in [0.29, 0.717) is 11.3 Å². The van der Waals surface area contributed by atoms with Crippen LogP contribution in [-0.4, -0.2) is 35.9 Å². The first-order valence-corrected chi connectivity index (χ1v) is 11.0. The molecule has 0 atom stereocenters. The number of pyridine rings is 3. The fourth-order valence-electron chi connectivity index (χ4n) is 3.93. The number of nitrogens with zero attached hydrogens (tertiary/aromatic N) is 4. The predicted molar refractivity (Wildman–Crippen MR) is 130 cm³/mol. The molecule has 0 aliphatic heterocycles. The summed E-state index contributed by atoms with van der Waals surface area (Å²) >= 11 is 1.47. The molecular formula is C24H17N7OS. The van der Waals surface area contributed by atoms with Crippen molar-refractivity contribution >= 4 is 44.7 Å². The number of H-pyrrole nitrogens is 2. The summed E-state index contributed by atoms with van der Waals surface area (Å²) in [5.74, 6) is 0.0590.